The van der Waals surface area contributed by atoms with Gasteiger partial charge in [0.1, 0.15) is 11.6 Å². The Labute approximate surface area is 202 Å². The van der Waals surface area contributed by atoms with Gasteiger partial charge in [-0.05, 0) is 41.6 Å². The van der Waals surface area contributed by atoms with E-state index in [-0.39, 0.29) is 5.91 Å². The van der Waals surface area contributed by atoms with Gasteiger partial charge in [-0.25, -0.2) is 4.98 Å². The Kier molecular flexibility index (Phi) is 6.89. The SMILES string of the molecule is COc1cc(NC(=O)CN2CCOCC2)ccc1Nc1nccc(N2CCc3sccc3C2)n1. The molecule has 3 aromatic rings. The first-order valence-electron chi connectivity index (χ1n) is 11.4. The van der Waals surface area contributed by atoms with Crippen LogP contribution in [0.15, 0.2) is 41.9 Å². The number of fused-ring (bicyclic) bond motifs is 1. The van der Waals surface area contributed by atoms with Crippen LogP contribution in [-0.2, 0) is 22.5 Å². The van der Waals surface area contributed by atoms with Crippen molar-refractivity contribution in [2.45, 2.75) is 13.0 Å². The van der Waals surface area contributed by atoms with E-state index in [9.17, 15) is 4.79 Å². The minimum absolute atomic E-state index is 0.0593. The van der Waals surface area contributed by atoms with E-state index >= 15 is 0 Å². The summed E-state index contributed by atoms with van der Waals surface area (Å²) in [6.07, 6.45) is 2.80. The number of rotatable bonds is 7. The summed E-state index contributed by atoms with van der Waals surface area (Å²) in [7, 11) is 1.60. The Hall–Kier alpha value is -3.21. The smallest absolute Gasteiger partial charge is 0.238 e. The molecule has 9 nitrogen and oxygen atoms in total. The Morgan fingerprint density at radius 1 is 1.21 bits per heavy atom. The molecule has 1 saturated heterocycles. The number of hydrogen-bond donors (Lipinski definition) is 2. The van der Waals surface area contributed by atoms with Crippen LogP contribution < -0.4 is 20.3 Å². The van der Waals surface area contributed by atoms with Gasteiger partial charge >= 0.3 is 0 Å². The standard InChI is InChI=1S/C24H28N6O3S/c1-32-20-14-18(26-23(31)16-29-9-11-33-12-10-29)2-3-19(20)27-24-25-7-4-22(28-24)30-8-5-21-17(15-30)6-13-34-21/h2-4,6-7,13-14H,5,8-12,15-16H2,1H3,(H,26,31)(H,25,27,28). The second kappa shape index (κ2) is 10.4. The molecule has 34 heavy (non-hydrogen) atoms. The monoisotopic (exact) mass is 480 g/mol. The van der Waals surface area contributed by atoms with E-state index in [1.807, 2.05) is 29.5 Å². The van der Waals surface area contributed by atoms with E-state index in [1.165, 1.54) is 10.4 Å². The first-order chi connectivity index (χ1) is 16.7. The van der Waals surface area contributed by atoms with Gasteiger partial charge in [-0.3, -0.25) is 9.69 Å². The van der Waals surface area contributed by atoms with Gasteiger partial charge in [0.25, 0.3) is 0 Å². The van der Waals surface area contributed by atoms with Crippen molar-refractivity contribution in [3.63, 3.8) is 0 Å². The van der Waals surface area contributed by atoms with Crippen molar-refractivity contribution in [3.05, 3.63) is 52.3 Å². The molecule has 2 aromatic heterocycles. The van der Waals surface area contributed by atoms with Gasteiger partial charge in [-0.2, -0.15) is 4.98 Å². The van der Waals surface area contributed by atoms with Crippen LogP contribution in [-0.4, -0.2) is 67.3 Å². The van der Waals surface area contributed by atoms with E-state index in [4.69, 9.17) is 14.5 Å². The van der Waals surface area contributed by atoms with E-state index < -0.39 is 0 Å². The summed E-state index contributed by atoms with van der Waals surface area (Å²) in [5.74, 6) is 1.92. The first kappa shape index (κ1) is 22.6. The second-order valence-electron chi connectivity index (χ2n) is 8.26. The van der Waals surface area contributed by atoms with E-state index in [0.29, 0.717) is 37.1 Å². The maximum Gasteiger partial charge on any atom is 0.238 e. The second-order valence-corrected chi connectivity index (χ2v) is 9.26. The fourth-order valence-electron chi connectivity index (χ4n) is 4.19. The molecule has 2 aliphatic rings. The van der Waals surface area contributed by atoms with Gasteiger partial charge in [-0.1, -0.05) is 0 Å². The molecule has 1 aromatic carbocycles. The van der Waals surface area contributed by atoms with Crippen LogP contribution in [0.25, 0.3) is 0 Å². The molecule has 1 amide bonds. The predicted octanol–water partition coefficient (Wildman–Crippen LogP) is 3.12. The average molecular weight is 481 g/mol. The molecule has 0 saturated carbocycles. The highest BCUT2D eigenvalue weighted by atomic mass is 32.1. The number of ether oxygens (including phenoxy) is 2. The Bertz CT molecular complexity index is 1150. The number of amides is 1. The van der Waals surface area contributed by atoms with E-state index in [0.717, 1.165) is 44.1 Å². The first-order valence-corrected chi connectivity index (χ1v) is 12.2. The van der Waals surface area contributed by atoms with Gasteiger partial charge in [-0.15, -0.1) is 11.3 Å². The lowest BCUT2D eigenvalue weighted by Crippen LogP contribution is -2.41. The fourth-order valence-corrected chi connectivity index (χ4v) is 5.07. The number of methoxy groups -OCH3 is 1. The Morgan fingerprint density at radius 3 is 2.94 bits per heavy atom. The summed E-state index contributed by atoms with van der Waals surface area (Å²) in [4.78, 5) is 27.4. The van der Waals surface area contributed by atoms with Crippen molar-refractivity contribution in [3.8, 4) is 5.75 Å². The molecule has 10 heteroatoms. The van der Waals surface area contributed by atoms with Crippen LogP contribution in [0.3, 0.4) is 0 Å². The third kappa shape index (κ3) is 5.30. The van der Waals surface area contributed by atoms with Gasteiger partial charge in [0, 0.05) is 49.0 Å². The largest absolute Gasteiger partial charge is 0.494 e. The van der Waals surface area contributed by atoms with Crippen LogP contribution in [0, 0.1) is 0 Å². The molecular formula is C24H28N6O3S. The molecular weight excluding hydrogens is 452 g/mol. The summed E-state index contributed by atoms with van der Waals surface area (Å²) < 4.78 is 10.9. The maximum absolute atomic E-state index is 12.4. The molecule has 0 radical (unpaired) electrons. The van der Waals surface area contributed by atoms with Crippen molar-refractivity contribution < 1.29 is 14.3 Å². The fraction of sp³-hybridized carbons (Fsp3) is 0.375. The number of morpholine rings is 1. The highest BCUT2D eigenvalue weighted by Gasteiger charge is 2.19. The number of hydrogen-bond acceptors (Lipinski definition) is 9. The van der Waals surface area contributed by atoms with E-state index in [1.54, 1.807) is 19.4 Å². The molecule has 1 fully saturated rings. The summed E-state index contributed by atoms with van der Waals surface area (Å²) in [6, 6.07) is 9.63. The lowest BCUT2D eigenvalue weighted by molar-refractivity contribution is -0.118. The van der Waals surface area contributed by atoms with Gasteiger partial charge in [0.05, 0.1) is 32.6 Å². The Morgan fingerprint density at radius 2 is 2.09 bits per heavy atom. The minimum atomic E-state index is -0.0593. The highest BCUT2D eigenvalue weighted by molar-refractivity contribution is 7.10. The summed E-state index contributed by atoms with van der Waals surface area (Å²) in [6.45, 7) is 5.00. The zero-order chi connectivity index (χ0) is 23.3. The van der Waals surface area contributed by atoms with Crippen LogP contribution in [0.4, 0.5) is 23.1 Å². The topological polar surface area (TPSA) is 91.8 Å². The highest BCUT2D eigenvalue weighted by Crippen LogP contribution is 2.31. The number of carbonyl (C=O) groups is 1. The lowest BCUT2D eigenvalue weighted by atomic mass is 10.1. The number of anilines is 4. The zero-order valence-electron chi connectivity index (χ0n) is 19.1. The van der Waals surface area contributed by atoms with Crippen molar-refractivity contribution in [2.75, 3.05) is 62.0 Å². The number of benzene rings is 1. The van der Waals surface area contributed by atoms with Crippen molar-refractivity contribution in [1.29, 1.82) is 0 Å². The predicted molar refractivity (Wildman–Crippen MR) is 133 cm³/mol. The van der Waals surface area contributed by atoms with Gasteiger partial charge < -0.3 is 25.0 Å². The van der Waals surface area contributed by atoms with Crippen LogP contribution in [0.5, 0.6) is 5.75 Å². The zero-order valence-corrected chi connectivity index (χ0v) is 19.9. The van der Waals surface area contributed by atoms with Crippen LogP contribution in [0.1, 0.15) is 10.4 Å². The summed E-state index contributed by atoms with van der Waals surface area (Å²) >= 11 is 1.83. The summed E-state index contributed by atoms with van der Waals surface area (Å²) in [5, 5.41) is 8.36. The molecule has 2 aliphatic heterocycles. The quantitative estimate of drug-likeness (QED) is 0.533. The van der Waals surface area contributed by atoms with Crippen LogP contribution in [0.2, 0.25) is 0 Å². The number of aromatic nitrogens is 2. The van der Waals surface area contributed by atoms with E-state index in [2.05, 4.69) is 36.9 Å². The third-order valence-electron chi connectivity index (χ3n) is 5.98. The van der Waals surface area contributed by atoms with Gasteiger partial charge in [0.2, 0.25) is 11.9 Å². The number of nitrogens with zero attached hydrogens (tertiary/aromatic N) is 4. The van der Waals surface area contributed by atoms with Gasteiger partial charge in [0.15, 0.2) is 0 Å². The van der Waals surface area contributed by atoms with Crippen molar-refractivity contribution >= 4 is 40.4 Å². The molecule has 2 N–H and O–H groups in total. The molecule has 4 heterocycles. The number of nitrogens with one attached hydrogen (secondary N) is 2. The normalized spacial score (nSPS) is 16.1. The average Bonchev–Trinajstić information content (AvgIpc) is 3.34. The number of thiophene rings is 1. The van der Waals surface area contributed by atoms with Crippen molar-refractivity contribution in [1.82, 2.24) is 14.9 Å². The maximum atomic E-state index is 12.4. The Balaban J connectivity index is 1.24. The molecule has 0 unspecified atom stereocenters. The molecule has 0 atom stereocenters. The molecule has 0 spiro atoms. The van der Waals surface area contributed by atoms with Crippen molar-refractivity contribution in [2.24, 2.45) is 0 Å². The lowest BCUT2D eigenvalue weighted by Gasteiger charge is -2.28. The molecule has 5 rings (SSSR count). The molecule has 0 bridgehead atoms. The number of carbonyl (C=O) groups excluding carboxylic acids is 1. The third-order valence-corrected chi connectivity index (χ3v) is 7.00. The summed E-state index contributed by atoms with van der Waals surface area (Å²) in [5.41, 5.74) is 2.78. The minimum Gasteiger partial charge on any atom is -0.494 e. The van der Waals surface area contributed by atoms with Crippen LogP contribution >= 0.6 is 11.3 Å². The molecule has 0 aliphatic carbocycles. The molecule has 178 valence electrons.